The van der Waals surface area contributed by atoms with E-state index in [4.69, 9.17) is 4.74 Å². The minimum absolute atomic E-state index is 0.182. The van der Waals surface area contributed by atoms with Crippen LogP contribution in [0.2, 0.25) is 0 Å². The zero-order valence-corrected chi connectivity index (χ0v) is 10.5. The largest absolute Gasteiger partial charge is 0.472 e. The molecule has 5 heteroatoms. The Hall–Kier alpha value is -1.37. The topological polar surface area (TPSA) is 55.0 Å². The maximum absolute atomic E-state index is 11.3. The summed E-state index contributed by atoms with van der Waals surface area (Å²) in [5, 5.41) is 0. The minimum atomic E-state index is -0.182. The van der Waals surface area contributed by atoms with Gasteiger partial charge in [0.2, 0.25) is 5.88 Å². The molecule has 0 aliphatic heterocycles. The van der Waals surface area contributed by atoms with E-state index in [0.717, 1.165) is 5.56 Å². The van der Waals surface area contributed by atoms with Crippen molar-refractivity contribution >= 4 is 22.6 Å². The summed E-state index contributed by atoms with van der Waals surface area (Å²) < 4.78 is 5.93. The molecule has 0 unspecified atom stereocenters. The number of benzene rings is 1. The lowest BCUT2D eigenvalue weighted by Crippen LogP contribution is -2.12. The van der Waals surface area contributed by atoms with Crippen LogP contribution in [0.15, 0.2) is 41.5 Å². The molecule has 0 spiro atoms. The lowest BCUT2D eigenvalue weighted by molar-refractivity contribution is 0.290. The number of halogens is 1. The molecule has 0 fully saturated rings. The van der Waals surface area contributed by atoms with E-state index < -0.39 is 0 Å². The molecule has 0 saturated carbocycles. The van der Waals surface area contributed by atoms with Gasteiger partial charge in [-0.25, -0.2) is 4.98 Å². The average Bonchev–Trinajstić information content (AvgIpc) is 2.32. The molecule has 0 atom stereocenters. The first-order valence-electron chi connectivity index (χ1n) is 4.67. The fraction of sp³-hybridized carbons (Fsp3) is 0.0909. The second-order valence-electron chi connectivity index (χ2n) is 3.13. The lowest BCUT2D eigenvalue weighted by Gasteiger charge is -2.05. The van der Waals surface area contributed by atoms with Gasteiger partial charge in [-0.05, 0) is 28.2 Å². The molecule has 82 valence electrons. The van der Waals surface area contributed by atoms with Crippen LogP contribution in [0, 0.1) is 3.57 Å². The molecule has 0 saturated heterocycles. The lowest BCUT2D eigenvalue weighted by atomic mass is 10.2. The van der Waals surface area contributed by atoms with E-state index in [1.54, 1.807) is 0 Å². The summed E-state index contributed by atoms with van der Waals surface area (Å²) in [4.78, 5) is 17.7. The molecule has 0 aliphatic carbocycles. The monoisotopic (exact) mass is 328 g/mol. The van der Waals surface area contributed by atoms with E-state index in [1.165, 1.54) is 6.33 Å². The molecular weight excluding hydrogens is 319 g/mol. The van der Waals surface area contributed by atoms with Crippen molar-refractivity contribution in [2.24, 2.45) is 0 Å². The Bertz CT molecular complexity index is 525. The molecule has 0 aliphatic rings. The molecule has 2 rings (SSSR count). The Morgan fingerprint density at radius 2 is 2.06 bits per heavy atom. The van der Waals surface area contributed by atoms with Gasteiger partial charge in [0.1, 0.15) is 10.2 Å². The van der Waals surface area contributed by atoms with Gasteiger partial charge in [0.15, 0.2) is 0 Å². The number of aromatic amines is 1. The van der Waals surface area contributed by atoms with Crippen molar-refractivity contribution in [1.29, 1.82) is 0 Å². The van der Waals surface area contributed by atoms with Crippen LogP contribution in [0.25, 0.3) is 0 Å². The number of hydrogen-bond donors (Lipinski definition) is 1. The average molecular weight is 328 g/mol. The van der Waals surface area contributed by atoms with E-state index in [0.29, 0.717) is 16.1 Å². The first kappa shape index (κ1) is 11.1. The molecule has 16 heavy (non-hydrogen) atoms. The summed E-state index contributed by atoms with van der Waals surface area (Å²) in [6.45, 7) is 0.410. The van der Waals surface area contributed by atoms with Crippen molar-refractivity contribution < 1.29 is 4.74 Å². The second-order valence-corrected chi connectivity index (χ2v) is 4.20. The highest BCUT2D eigenvalue weighted by molar-refractivity contribution is 14.1. The number of rotatable bonds is 3. The number of nitrogens with one attached hydrogen (secondary N) is 1. The third-order valence-electron chi connectivity index (χ3n) is 1.98. The smallest absolute Gasteiger partial charge is 0.268 e. The Balaban J connectivity index is 2.11. The van der Waals surface area contributed by atoms with Gasteiger partial charge in [-0.1, -0.05) is 30.3 Å². The SMILES string of the molecule is O=c1[nH]cnc(OCc2ccccc2)c1I. The van der Waals surface area contributed by atoms with Gasteiger partial charge < -0.3 is 9.72 Å². The molecule has 1 aromatic carbocycles. The quantitative estimate of drug-likeness (QED) is 0.877. The zero-order valence-electron chi connectivity index (χ0n) is 8.31. The predicted molar refractivity (Wildman–Crippen MR) is 68.3 cm³/mol. The summed E-state index contributed by atoms with van der Waals surface area (Å²) in [5.41, 5.74) is 0.860. The van der Waals surface area contributed by atoms with E-state index >= 15 is 0 Å². The van der Waals surface area contributed by atoms with Crippen LogP contribution in [0.1, 0.15) is 5.56 Å². The summed E-state index contributed by atoms with van der Waals surface area (Å²) in [6.07, 6.45) is 1.34. The summed E-state index contributed by atoms with van der Waals surface area (Å²) in [6, 6.07) is 9.74. The number of H-pyrrole nitrogens is 1. The van der Waals surface area contributed by atoms with Gasteiger partial charge in [-0.2, -0.15) is 0 Å². The Labute approximate surface area is 106 Å². The van der Waals surface area contributed by atoms with E-state index in [-0.39, 0.29) is 5.56 Å². The zero-order chi connectivity index (χ0) is 11.4. The van der Waals surface area contributed by atoms with Gasteiger partial charge in [0.05, 0.1) is 6.33 Å². The fourth-order valence-electron chi connectivity index (χ4n) is 1.19. The van der Waals surface area contributed by atoms with Crippen LogP contribution in [0.4, 0.5) is 0 Å². The molecule has 2 aromatic rings. The minimum Gasteiger partial charge on any atom is -0.472 e. The maximum atomic E-state index is 11.3. The molecule has 0 amide bonds. The normalized spacial score (nSPS) is 10.1. The molecule has 0 bridgehead atoms. The highest BCUT2D eigenvalue weighted by Crippen LogP contribution is 2.13. The fourth-order valence-corrected chi connectivity index (χ4v) is 1.64. The predicted octanol–water partition coefficient (Wildman–Crippen LogP) is 1.95. The molecular formula is C11H9IN2O2. The highest BCUT2D eigenvalue weighted by atomic mass is 127. The van der Waals surface area contributed by atoms with Crippen LogP contribution in [-0.4, -0.2) is 9.97 Å². The first-order valence-corrected chi connectivity index (χ1v) is 5.75. The van der Waals surface area contributed by atoms with Crippen LogP contribution < -0.4 is 10.3 Å². The third-order valence-corrected chi connectivity index (χ3v) is 2.93. The summed E-state index contributed by atoms with van der Waals surface area (Å²) in [7, 11) is 0. The van der Waals surface area contributed by atoms with Crippen molar-refractivity contribution in [2.75, 3.05) is 0 Å². The number of hydrogen-bond acceptors (Lipinski definition) is 3. The van der Waals surface area contributed by atoms with Crippen molar-refractivity contribution in [3.8, 4) is 5.88 Å². The van der Waals surface area contributed by atoms with Crippen LogP contribution in [0.5, 0.6) is 5.88 Å². The highest BCUT2D eigenvalue weighted by Gasteiger charge is 2.05. The third kappa shape index (κ3) is 2.60. The summed E-state index contributed by atoms with van der Waals surface area (Å²) in [5.74, 6) is 0.369. The molecule has 4 nitrogen and oxygen atoms in total. The van der Waals surface area contributed by atoms with Crippen molar-refractivity contribution in [1.82, 2.24) is 9.97 Å². The van der Waals surface area contributed by atoms with Crippen LogP contribution in [-0.2, 0) is 6.61 Å². The van der Waals surface area contributed by atoms with Crippen molar-refractivity contribution in [2.45, 2.75) is 6.61 Å². The number of ether oxygens (including phenoxy) is 1. The van der Waals surface area contributed by atoms with Gasteiger partial charge in [0.25, 0.3) is 5.56 Å². The molecule has 1 aromatic heterocycles. The second kappa shape index (κ2) is 5.11. The van der Waals surface area contributed by atoms with E-state index in [9.17, 15) is 4.79 Å². The van der Waals surface area contributed by atoms with Crippen LogP contribution >= 0.6 is 22.6 Å². The van der Waals surface area contributed by atoms with Crippen molar-refractivity contribution in [3.05, 3.63) is 56.1 Å². The Morgan fingerprint density at radius 3 is 2.81 bits per heavy atom. The summed E-state index contributed by atoms with van der Waals surface area (Å²) >= 11 is 1.92. The number of aromatic nitrogens is 2. The van der Waals surface area contributed by atoms with Gasteiger partial charge in [-0.3, -0.25) is 4.79 Å². The number of nitrogens with zero attached hydrogens (tertiary/aromatic N) is 1. The van der Waals surface area contributed by atoms with Crippen molar-refractivity contribution in [3.63, 3.8) is 0 Å². The van der Waals surface area contributed by atoms with E-state index in [2.05, 4.69) is 9.97 Å². The Morgan fingerprint density at radius 1 is 1.31 bits per heavy atom. The molecule has 1 N–H and O–H groups in total. The van der Waals surface area contributed by atoms with Gasteiger partial charge in [0, 0.05) is 0 Å². The molecule has 1 heterocycles. The van der Waals surface area contributed by atoms with Gasteiger partial charge in [-0.15, -0.1) is 0 Å². The molecule has 0 radical (unpaired) electrons. The first-order chi connectivity index (χ1) is 7.77. The van der Waals surface area contributed by atoms with Crippen LogP contribution in [0.3, 0.4) is 0 Å². The van der Waals surface area contributed by atoms with E-state index in [1.807, 2.05) is 52.9 Å². The Kier molecular flexibility index (Phi) is 3.55. The van der Waals surface area contributed by atoms with Gasteiger partial charge >= 0.3 is 0 Å². The maximum Gasteiger partial charge on any atom is 0.268 e. The standard InChI is InChI=1S/C11H9IN2O2/c12-9-10(15)13-7-14-11(9)16-6-8-4-2-1-3-5-8/h1-5,7H,6H2,(H,13,14,15).